The largest absolute Gasteiger partial charge is 0.326 e. The van der Waals surface area contributed by atoms with Crippen LogP contribution in [0, 0.1) is 0 Å². The molecule has 0 fully saturated rings. The Morgan fingerprint density at radius 1 is 1.40 bits per heavy atom. The van der Waals surface area contributed by atoms with Crippen molar-refractivity contribution < 1.29 is 8.78 Å². The second-order valence-corrected chi connectivity index (χ2v) is 3.57. The zero-order valence-corrected chi connectivity index (χ0v) is 8.84. The summed E-state index contributed by atoms with van der Waals surface area (Å²) in [4.78, 5) is 4.07. The predicted octanol–water partition coefficient (Wildman–Crippen LogP) is 2.52. The van der Waals surface area contributed by atoms with Gasteiger partial charge in [0.25, 0.3) is 0 Å². The second kappa shape index (κ2) is 5.16. The van der Waals surface area contributed by atoms with Crippen molar-refractivity contribution in [1.82, 2.24) is 4.98 Å². The van der Waals surface area contributed by atoms with Crippen LogP contribution in [0.5, 0.6) is 0 Å². The van der Waals surface area contributed by atoms with Gasteiger partial charge in [-0.25, -0.2) is 8.78 Å². The van der Waals surface area contributed by atoms with E-state index in [0.29, 0.717) is 18.7 Å². The molecule has 0 spiro atoms. The van der Waals surface area contributed by atoms with Crippen LogP contribution in [0.15, 0.2) is 18.3 Å². The van der Waals surface area contributed by atoms with Gasteiger partial charge in [0.05, 0.1) is 0 Å². The molecule has 1 aromatic heterocycles. The maximum absolute atomic E-state index is 12.9. The summed E-state index contributed by atoms with van der Waals surface area (Å²) in [5, 5.41) is 0. The third-order valence-electron chi connectivity index (χ3n) is 2.39. The van der Waals surface area contributed by atoms with E-state index in [1.54, 1.807) is 12.3 Å². The van der Waals surface area contributed by atoms with Gasteiger partial charge in [-0.05, 0) is 18.1 Å². The maximum atomic E-state index is 12.9. The quantitative estimate of drug-likeness (QED) is 0.818. The molecule has 1 aromatic rings. The van der Waals surface area contributed by atoms with E-state index in [4.69, 9.17) is 5.73 Å². The number of rotatable bonds is 5. The Bertz CT molecular complexity index is 296. The topological polar surface area (TPSA) is 38.9 Å². The smallest absolute Gasteiger partial charge is 0.248 e. The van der Waals surface area contributed by atoms with E-state index in [9.17, 15) is 8.78 Å². The van der Waals surface area contributed by atoms with Gasteiger partial charge in [0.1, 0.15) is 0 Å². The van der Waals surface area contributed by atoms with Gasteiger partial charge in [-0.2, -0.15) is 0 Å². The molecule has 0 radical (unpaired) electrons. The summed E-state index contributed by atoms with van der Waals surface area (Å²) >= 11 is 0. The number of aryl methyl sites for hydroxylation is 1. The molecule has 0 aromatic carbocycles. The number of hydrogen-bond acceptors (Lipinski definition) is 2. The Morgan fingerprint density at radius 3 is 2.60 bits per heavy atom. The molecule has 0 aliphatic carbocycles. The lowest BCUT2D eigenvalue weighted by Crippen LogP contribution is -2.15. The minimum absolute atomic E-state index is 0.117. The zero-order chi connectivity index (χ0) is 11.3. The van der Waals surface area contributed by atoms with Gasteiger partial charge in [-0.1, -0.05) is 13.0 Å². The third-order valence-corrected chi connectivity index (χ3v) is 2.39. The average Bonchev–Trinajstić information content (AvgIpc) is 2.27. The van der Waals surface area contributed by atoms with Crippen LogP contribution in [0.25, 0.3) is 0 Å². The van der Waals surface area contributed by atoms with E-state index in [-0.39, 0.29) is 12.8 Å². The molecular weight excluding hydrogens is 198 g/mol. The maximum Gasteiger partial charge on any atom is 0.248 e. The first kappa shape index (κ1) is 12.0. The molecule has 0 amide bonds. The SMILES string of the molecule is CCC(F)(F)CCc1ccc(CN)cn1. The number of nitrogens with zero attached hydrogens (tertiary/aromatic N) is 1. The molecule has 0 atom stereocenters. The van der Waals surface area contributed by atoms with Crippen molar-refractivity contribution in [2.24, 2.45) is 5.73 Å². The van der Waals surface area contributed by atoms with Crippen LogP contribution in [0.4, 0.5) is 8.78 Å². The van der Waals surface area contributed by atoms with Gasteiger partial charge in [0.15, 0.2) is 0 Å². The number of halogens is 2. The van der Waals surface area contributed by atoms with Crippen LogP contribution in [-0.2, 0) is 13.0 Å². The van der Waals surface area contributed by atoms with Gasteiger partial charge in [-0.3, -0.25) is 4.98 Å². The summed E-state index contributed by atoms with van der Waals surface area (Å²) in [6, 6.07) is 3.58. The molecule has 2 nitrogen and oxygen atoms in total. The van der Waals surface area contributed by atoms with Gasteiger partial charge in [0.2, 0.25) is 5.92 Å². The fourth-order valence-electron chi connectivity index (χ4n) is 1.21. The average molecular weight is 214 g/mol. The molecule has 1 heterocycles. The summed E-state index contributed by atoms with van der Waals surface area (Å²) in [5.74, 6) is -2.58. The number of aromatic nitrogens is 1. The Balaban J connectivity index is 2.51. The normalized spacial score (nSPS) is 11.7. The summed E-state index contributed by atoms with van der Waals surface area (Å²) in [6.45, 7) is 1.92. The van der Waals surface area contributed by atoms with E-state index in [0.717, 1.165) is 5.56 Å². The van der Waals surface area contributed by atoms with Crippen molar-refractivity contribution in [2.45, 2.75) is 38.7 Å². The lowest BCUT2D eigenvalue weighted by atomic mass is 10.1. The number of alkyl halides is 2. The molecule has 0 aliphatic heterocycles. The van der Waals surface area contributed by atoms with Crippen molar-refractivity contribution in [1.29, 1.82) is 0 Å². The highest BCUT2D eigenvalue weighted by atomic mass is 19.3. The second-order valence-electron chi connectivity index (χ2n) is 3.57. The first-order valence-electron chi connectivity index (χ1n) is 5.09. The first-order chi connectivity index (χ1) is 7.07. The molecule has 0 unspecified atom stereocenters. The minimum Gasteiger partial charge on any atom is -0.326 e. The lowest BCUT2D eigenvalue weighted by molar-refractivity contribution is -0.0112. The Morgan fingerprint density at radius 2 is 2.13 bits per heavy atom. The molecular formula is C11H16F2N2. The van der Waals surface area contributed by atoms with Crippen LogP contribution in [-0.4, -0.2) is 10.9 Å². The van der Waals surface area contributed by atoms with Crippen LogP contribution >= 0.6 is 0 Å². The van der Waals surface area contributed by atoms with E-state index >= 15 is 0 Å². The molecule has 1 rings (SSSR count). The summed E-state index contributed by atoms with van der Waals surface area (Å²) in [6.07, 6.45) is 1.69. The highest BCUT2D eigenvalue weighted by molar-refractivity contribution is 5.13. The monoisotopic (exact) mass is 214 g/mol. The standard InChI is InChI=1S/C11H16F2N2/c1-2-11(12,13)6-5-10-4-3-9(7-14)8-15-10/h3-4,8H,2,5-7,14H2,1H3. The Hall–Kier alpha value is -1.03. The molecule has 0 saturated carbocycles. The van der Waals surface area contributed by atoms with Gasteiger partial charge in [0, 0.05) is 31.3 Å². The Kier molecular flexibility index (Phi) is 4.15. The van der Waals surface area contributed by atoms with Crippen molar-refractivity contribution in [3.8, 4) is 0 Å². The molecule has 2 N–H and O–H groups in total. The van der Waals surface area contributed by atoms with Crippen molar-refractivity contribution >= 4 is 0 Å². The molecule has 0 saturated heterocycles. The minimum atomic E-state index is -2.58. The lowest BCUT2D eigenvalue weighted by Gasteiger charge is -2.12. The molecule has 15 heavy (non-hydrogen) atoms. The van der Waals surface area contributed by atoms with Crippen molar-refractivity contribution in [2.75, 3.05) is 0 Å². The van der Waals surface area contributed by atoms with Gasteiger partial charge < -0.3 is 5.73 Å². The number of nitrogens with two attached hydrogens (primary N) is 1. The third kappa shape index (κ3) is 3.91. The molecule has 0 aliphatic rings. The Labute approximate surface area is 88.5 Å². The first-order valence-corrected chi connectivity index (χ1v) is 5.09. The molecule has 0 bridgehead atoms. The van der Waals surface area contributed by atoms with Crippen LogP contribution in [0.1, 0.15) is 31.0 Å². The van der Waals surface area contributed by atoms with E-state index in [1.165, 1.54) is 6.92 Å². The van der Waals surface area contributed by atoms with Gasteiger partial charge in [-0.15, -0.1) is 0 Å². The van der Waals surface area contributed by atoms with Crippen LogP contribution in [0.2, 0.25) is 0 Å². The summed E-state index contributed by atoms with van der Waals surface area (Å²) < 4.78 is 25.9. The summed E-state index contributed by atoms with van der Waals surface area (Å²) in [5.41, 5.74) is 7.02. The van der Waals surface area contributed by atoms with Gasteiger partial charge >= 0.3 is 0 Å². The van der Waals surface area contributed by atoms with E-state index in [2.05, 4.69) is 4.98 Å². The van der Waals surface area contributed by atoms with Crippen LogP contribution < -0.4 is 5.73 Å². The molecule has 4 heteroatoms. The number of pyridine rings is 1. The van der Waals surface area contributed by atoms with E-state index in [1.807, 2.05) is 6.07 Å². The highest BCUT2D eigenvalue weighted by Gasteiger charge is 2.25. The van der Waals surface area contributed by atoms with Crippen LogP contribution in [0.3, 0.4) is 0 Å². The van der Waals surface area contributed by atoms with Crippen molar-refractivity contribution in [3.63, 3.8) is 0 Å². The predicted molar refractivity (Wildman–Crippen MR) is 55.7 cm³/mol. The number of hydrogen-bond donors (Lipinski definition) is 1. The van der Waals surface area contributed by atoms with Crippen molar-refractivity contribution in [3.05, 3.63) is 29.6 Å². The summed E-state index contributed by atoms with van der Waals surface area (Å²) in [7, 11) is 0. The molecule has 84 valence electrons. The van der Waals surface area contributed by atoms with E-state index < -0.39 is 5.92 Å². The fraction of sp³-hybridized carbons (Fsp3) is 0.545. The zero-order valence-electron chi connectivity index (χ0n) is 8.84. The fourth-order valence-corrected chi connectivity index (χ4v) is 1.21. The highest BCUT2D eigenvalue weighted by Crippen LogP contribution is 2.23.